The Bertz CT molecular complexity index is 441. The second kappa shape index (κ2) is 6.02. The number of nitrogens with zero attached hydrogens (tertiary/aromatic N) is 2. The van der Waals surface area contributed by atoms with Crippen molar-refractivity contribution in [1.29, 1.82) is 0 Å². The average Bonchev–Trinajstić information content (AvgIpc) is 2.61. The van der Waals surface area contributed by atoms with Gasteiger partial charge < -0.3 is 14.6 Å². The maximum atomic E-state index is 11.1. The maximum absolute atomic E-state index is 11.1. The number of nitrogens with one attached hydrogen (secondary N) is 1. The molecule has 17 heavy (non-hydrogen) atoms. The summed E-state index contributed by atoms with van der Waals surface area (Å²) < 4.78 is 29.0. The molecule has 6 nitrogen and oxygen atoms in total. The van der Waals surface area contributed by atoms with E-state index in [9.17, 15) is 8.42 Å². The van der Waals surface area contributed by atoms with E-state index in [1.54, 1.807) is 24.1 Å². The molecule has 0 aliphatic rings. The molecule has 0 aliphatic carbocycles. The first-order valence-electron chi connectivity index (χ1n) is 5.36. The third-order valence-corrected chi connectivity index (χ3v) is 3.13. The molecule has 0 saturated heterocycles. The van der Waals surface area contributed by atoms with Crippen LogP contribution in [0.15, 0.2) is 12.4 Å². The van der Waals surface area contributed by atoms with Gasteiger partial charge in [0.2, 0.25) is 5.95 Å². The first kappa shape index (κ1) is 14.0. The van der Waals surface area contributed by atoms with E-state index in [2.05, 4.69) is 10.3 Å². The van der Waals surface area contributed by atoms with Crippen molar-refractivity contribution in [2.75, 3.05) is 31.0 Å². The molecule has 98 valence electrons. The van der Waals surface area contributed by atoms with Gasteiger partial charge in [0.25, 0.3) is 0 Å². The molecule has 1 rings (SSSR count). The number of methoxy groups -OCH3 is 1. The summed E-state index contributed by atoms with van der Waals surface area (Å²) in [5.41, 5.74) is 0. The highest BCUT2D eigenvalue weighted by Crippen LogP contribution is 2.06. The minimum atomic E-state index is -2.96. The standard InChI is InChI=1S/C10H19N3O3S/c1-9(8-16-2)12-10-11-4-5-13(10)6-7-17(3,14)15/h4-5,9H,6-8H2,1-3H3,(H,11,12). The van der Waals surface area contributed by atoms with Crippen LogP contribution in [-0.2, 0) is 21.1 Å². The summed E-state index contributed by atoms with van der Waals surface area (Å²) in [6.07, 6.45) is 4.63. The molecule has 1 aromatic rings. The Kier molecular flexibility index (Phi) is 4.95. The Balaban J connectivity index is 2.60. The van der Waals surface area contributed by atoms with Crippen LogP contribution in [0.4, 0.5) is 5.95 Å². The highest BCUT2D eigenvalue weighted by atomic mass is 32.2. The molecule has 1 atom stereocenters. The predicted molar refractivity (Wildman–Crippen MR) is 66.9 cm³/mol. The fraction of sp³-hybridized carbons (Fsp3) is 0.700. The van der Waals surface area contributed by atoms with Crippen LogP contribution >= 0.6 is 0 Å². The van der Waals surface area contributed by atoms with Gasteiger partial charge in [0.1, 0.15) is 9.84 Å². The molecule has 0 saturated carbocycles. The van der Waals surface area contributed by atoms with Crippen LogP contribution in [0.5, 0.6) is 0 Å². The molecule has 1 aromatic heterocycles. The van der Waals surface area contributed by atoms with Gasteiger partial charge in [-0.05, 0) is 6.92 Å². The highest BCUT2D eigenvalue weighted by Gasteiger charge is 2.09. The van der Waals surface area contributed by atoms with Crippen molar-refractivity contribution in [3.8, 4) is 0 Å². The fourth-order valence-corrected chi connectivity index (χ4v) is 1.93. The van der Waals surface area contributed by atoms with Gasteiger partial charge in [0.05, 0.1) is 12.4 Å². The minimum Gasteiger partial charge on any atom is -0.383 e. The van der Waals surface area contributed by atoms with Crippen molar-refractivity contribution in [2.24, 2.45) is 0 Å². The molecule has 0 amide bonds. The Hall–Kier alpha value is -1.08. The lowest BCUT2D eigenvalue weighted by atomic mass is 10.4. The number of hydrogen-bond donors (Lipinski definition) is 1. The fourth-order valence-electron chi connectivity index (χ4n) is 1.41. The third-order valence-electron chi connectivity index (χ3n) is 2.21. The lowest BCUT2D eigenvalue weighted by molar-refractivity contribution is 0.190. The van der Waals surface area contributed by atoms with Gasteiger partial charge in [0.15, 0.2) is 0 Å². The molecular weight excluding hydrogens is 242 g/mol. The van der Waals surface area contributed by atoms with Crippen LogP contribution < -0.4 is 5.32 Å². The highest BCUT2D eigenvalue weighted by molar-refractivity contribution is 7.90. The van der Waals surface area contributed by atoms with Crippen molar-refractivity contribution in [1.82, 2.24) is 9.55 Å². The van der Waals surface area contributed by atoms with Crippen LogP contribution in [0.2, 0.25) is 0 Å². The molecule has 0 aromatic carbocycles. The second-order valence-electron chi connectivity index (χ2n) is 4.07. The van der Waals surface area contributed by atoms with Crippen LogP contribution in [0.3, 0.4) is 0 Å². The number of aryl methyl sites for hydroxylation is 1. The molecule has 0 spiro atoms. The topological polar surface area (TPSA) is 73.2 Å². The Labute approximate surface area is 102 Å². The van der Waals surface area contributed by atoms with Crippen molar-refractivity contribution in [3.05, 3.63) is 12.4 Å². The van der Waals surface area contributed by atoms with Gasteiger partial charge >= 0.3 is 0 Å². The van der Waals surface area contributed by atoms with Gasteiger partial charge in [-0.2, -0.15) is 0 Å². The van der Waals surface area contributed by atoms with Gasteiger partial charge in [0, 0.05) is 38.3 Å². The number of imidazole rings is 1. The van der Waals surface area contributed by atoms with E-state index >= 15 is 0 Å². The number of aromatic nitrogens is 2. The van der Waals surface area contributed by atoms with Crippen LogP contribution in [-0.4, -0.2) is 49.7 Å². The van der Waals surface area contributed by atoms with E-state index in [1.165, 1.54) is 6.26 Å². The lowest BCUT2D eigenvalue weighted by Crippen LogP contribution is -2.24. The van der Waals surface area contributed by atoms with E-state index in [4.69, 9.17) is 4.74 Å². The second-order valence-corrected chi connectivity index (χ2v) is 6.33. The molecule has 0 bridgehead atoms. The average molecular weight is 261 g/mol. The van der Waals surface area contributed by atoms with Gasteiger partial charge in [-0.15, -0.1) is 0 Å². The number of hydrogen-bond acceptors (Lipinski definition) is 5. The van der Waals surface area contributed by atoms with Gasteiger partial charge in [-0.1, -0.05) is 0 Å². The Morgan fingerprint density at radius 2 is 2.29 bits per heavy atom. The molecule has 0 fully saturated rings. The number of ether oxygens (including phenoxy) is 1. The molecule has 0 radical (unpaired) electrons. The zero-order chi connectivity index (χ0) is 12.9. The molecule has 7 heteroatoms. The van der Waals surface area contributed by atoms with Gasteiger partial charge in [-0.25, -0.2) is 13.4 Å². The smallest absolute Gasteiger partial charge is 0.203 e. The molecular formula is C10H19N3O3S. The van der Waals surface area contributed by atoms with Crippen LogP contribution in [0.1, 0.15) is 6.92 Å². The number of rotatable bonds is 7. The van der Waals surface area contributed by atoms with Crippen LogP contribution in [0, 0.1) is 0 Å². The largest absolute Gasteiger partial charge is 0.383 e. The quantitative estimate of drug-likeness (QED) is 0.768. The summed E-state index contributed by atoms with van der Waals surface area (Å²) in [4.78, 5) is 4.14. The van der Waals surface area contributed by atoms with Gasteiger partial charge in [-0.3, -0.25) is 0 Å². The van der Waals surface area contributed by atoms with Crippen LogP contribution in [0.25, 0.3) is 0 Å². The molecule has 0 aliphatic heterocycles. The van der Waals surface area contributed by atoms with E-state index in [0.29, 0.717) is 19.1 Å². The summed E-state index contributed by atoms with van der Waals surface area (Å²) in [7, 11) is -1.32. The molecule has 1 unspecified atom stereocenters. The van der Waals surface area contributed by atoms with E-state index in [-0.39, 0.29) is 11.8 Å². The zero-order valence-electron chi connectivity index (χ0n) is 10.4. The zero-order valence-corrected chi connectivity index (χ0v) is 11.2. The van der Waals surface area contributed by atoms with Crippen molar-refractivity contribution in [3.63, 3.8) is 0 Å². The van der Waals surface area contributed by atoms with E-state index < -0.39 is 9.84 Å². The summed E-state index contributed by atoms with van der Waals surface area (Å²) >= 11 is 0. The Morgan fingerprint density at radius 3 is 2.88 bits per heavy atom. The normalized spacial score (nSPS) is 13.6. The van der Waals surface area contributed by atoms with Crippen molar-refractivity contribution < 1.29 is 13.2 Å². The Morgan fingerprint density at radius 1 is 1.59 bits per heavy atom. The number of sulfone groups is 1. The summed E-state index contributed by atoms with van der Waals surface area (Å²) in [5.74, 6) is 0.773. The maximum Gasteiger partial charge on any atom is 0.203 e. The summed E-state index contributed by atoms with van der Waals surface area (Å²) in [6.45, 7) is 2.94. The van der Waals surface area contributed by atoms with Crippen molar-refractivity contribution >= 4 is 15.8 Å². The van der Waals surface area contributed by atoms with E-state index in [1.807, 2.05) is 6.92 Å². The first-order chi connectivity index (χ1) is 7.92. The summed E-state index contributed by atoms with van der Waals surface area (Å²) in [5, 5.41) is 3.16. The van der Waals surface area contributed by atoms with Crippen molar-refractivity contribution in [2.45, 2.75) is 19.5 Å². The lowest BCUT2D eigenvalue weighted by Gasteiger charge is -2.14. The monoisotopic (exact) mass is 261 g/mol. The summed E-state index contributed by atoms with van der Waals surface area (Å²) in [6, 6.07) is 0.124. The number of anilines is 1. The first-order valence-corrected chi connectivity index (χ1v) is 7.43. The SMILES string of the molecule is COCC(C)Nc1nccn1CCS(C)(=O)=O. The van der Waals surface area contributed by atoms with E-state index in [0.717, 1.165) is 0 Å². The minimum absolute atomic E-state index is 0.108. The molecule has 1 heterocycles. The molecule has 1 N–H and O–H groups in total. The predicted octanol–water partition coefficient (Wildman–Crippen LogP) is 0.375. The third kappa shape index (κ3) is 5.18.